The maximum absolute atomic E-state index is 13.4. The van der Waals surface area contributed by atoms with Crippen LogP contribution in [0.5, 0.6) is 0 Å². The summed E-state index contributed by atoms with van der Waals surface area (Å²) >= 11 is 1.19. The molecule has 3 aromatic carbocycles. The van der Waals surface area contributed by atoms with Crippen molar-refractivity contribution in [3.63, 3.8) is 0 Å². The topological polar surface area (TPSA) is 12.0 Å². The third kappa shape index (κ3) is 2.82. The summed E-state index contributed by atoms with van der Waals surface area (Å²) in [5, 5.41) is 4.87. The monoisotopic (exact) mass is 371 g/mol. The molecule has 4 rings (SSSR count). The average molecular weight is 371 g/mol. The van der Waals surface area contributed by atoms with Crippen LogP contribution in [0.3, 0.4) is 0 Å². The van der Waals surface area contributed by atoms with Crippen LogP contribution in [0.1, 0.15) is 16.7 Å². The van der Waals surface area contributed by atoms with Crippen LogP contribution in [0.25, 0.3) is 20.2 Å². The van der Waals surface area contributed by atoms with Gasteiger partial charge in [0.05, 0.1) is 16.0 Å². The van der Waals surface area contributed by atoms with Gasteiger partial charge in [-0.3, -0.25) is 0 Å². The summed E-state index contributed by atoms with van der Waals surface area (Å²) in [6.07, 6.45) is -4.36. The molecule has 0 aliphatic heterocycles. The summed E-state index contributed by atoms with van der Waals surface area (Å²) in [5.41, 5.74) is 3.47. The Balaban J connectivity index is 1.92. The average Bonchev–Trinajstić information content (AvgIpc) is 2.96. The van der Waals surface area contributed by atoms with E-state index in [1.54, 1.807) is 6.07 Å². The summed E-state index contributed by atoms with van der Waals surface area (Å²) < 4.78 is 41.2. The fourth-order valence-corrected chi connectivity index (χ4v) is 4.54. The second-order valence-electron chi connectivity index (χ2n) is 6.41. The number of anilines is 2. The number of alkyl halides is 3. The van der Waals surface area contributed by atoms with Gasteiger partial charge in [0.25, 0.3) is 0 Å². The van der Waals surface area contributed by atoms with Crippen molar-refractivity contribution in [3.05, 3.63) is 71.3 Å². The Morgan fingerprint density at radius 3 is 2.19 bits per heavy atom. The van der Waals surface area contributed by atoms with Crippen LogP contribution in [0.15, 0.2) is 54.6 Å². The number of benzene rings is 3. The molecule has 1 aromatic heterocycles. The van der Waals surface area contributed by atoms with Crippen LogP contribution in [0.4, 0.5) is 24.5 Å². The third-order valence-electron chi connectivity index (χ3n) is 4.48. The van der Waals surface area contributed by atoms with E-state index in [0.717, 1.165) is 33.1 Å². The lowest BCUT2D eigenvalue weighted by molar-refractivity contribution is -0.136. The first-order chi connectivity index (χ1) is 12.3. The molecule has 0 amide bonds. The molecule has 0 fully saturated rings. The van der Waals surface area contributed by atoms with Crippen LogP contribution in [-0.4, -0.2) is 0 Å². The minimum absolute atomic E-state index is 0.282. The lowest BCUT2D eigenvalue weighted by Gasteiger charge is -2.11. The molecule has 1 N–H and O–H groups in total. The molecule has 0 radical (unpaired) electrons. The summed E-state index contributed by atoms with van der Waals surface area (Å²) in [5.74, 6) is 0. The van der Waals surface area contributed by atoms with Gasteiger partial charge in [-0.05, 0) is 37.6 Å². The van der Waals surface area contributed by atoms with Crippen molar-refractivity contribution in [2.75, 3.05) is 5.32 Å². The van der Waals surface area contributed by atoms with Gasteiger partial charge >= 0.3 is 6.18 Å². The van der Waals surface area contributed by atoms with E-state index in [1.807, 2.05) is 44.2 Å². The normalized spacial score (nSPS) is 12.0. The standard InChI is InChI=1S/C21H16F3NS/c1-12-9-10-17(13(2)11-12)25-18-8-4-6-15-14-5-3-7-16(21(22,23)24)19(14)26-20(15)18/h3-11,25H,1-2H3. The minimum Gasteiger partial charge on any atom is -0.354 e. The molecule has 1 heterocycles. The number of fused-ring (bicyclic) bond motifs is 3. The molecule has 0 atom stereocenters. The van der Waals surface area contributed by atoms with E-state index in [9.17, 15) is 13.2 Å². The van der Waals surface area contributed by atoms with Gasteiger partial charge in [-0.15, -0.1) is 11.3 Å². The predicted molar refractivity (Wildman–Crippen MR) is 104 cm³/mol. The van der Waals surface area contributed by atoms with Crippen LogP contribution in [0, 0.1) is 13.8 Å². The van der Waals surface area contributed by atoms with Gasteiger partial charge in [-0.25, -0.2) is 0 Å². The lowest BCUT2D eigenvalue weighted by atomic mass is 10.1. The molecular formula is C21H16F3NS. The van der Waals surface area contributed by atoms with Gasteiger partial charge in [0.2, 0.25) is 0 Å². The molecule has 0 spiro atoms. The van der Waals surface area contributed by atoms with Crippen LogP contribution in [0.2, 0.25) is 0 Å². The Morgan fingerprint density at radius 2 is 1.50 bits per heavy atom. The second kappa shape index (κ2) is 6.02. The van der Waals surface area contributed by atoms with E-state index < -0.39 is 11.7 Å². The Hall–Kier alpha value is -2.53. The van der Waals surface area contributed by atoms with E-state index in [0.29, 0.717) is 5.39 Å². The number of hydrogen-bond donors (Lipinski definition) is 1. The van der Waals surface area contributed by atoms with Gasteiger partial charge in [0.1, 0.15) is 0 Å². The SMILES string of the molecule is Cc1ccc(Nc2cccc3c2sc2c(C(F)(F)F)cccc23)c(C)c1. The zero-order chi connectivity index (χ0) is 18.5. The highest BCUT2D eigenvalue weighted by Crippen LogP contribution is 2.44. The number of nitrogens with one attached hydrogen (secondary N) is 1. The molecule has 5 heteroatoms. The molecule has 26 heavy (non-hydrogen) atoms. The fraction of sp³-hybridized carbons (Fsp3) is 0.143. The van der Waals surface area contributed by atoms with Crippen molar-refractivity contribution in [2.24, 2.45) is 0 Å². The highest BCUT2D eigenvalue weighted by atomic mass is 32.1. The highest BCUT2D eigenvalue weighted by Gasteiger charge is 2.33. The molecule has 1 nitrogen and oxygen atoms in total. The van der Waals surface area contributed by atoms with Crippen LogP contribution in [-0.2, 0) is 6.18 Å². The summed E-state index contributed by atoms with van der Waals surface area (Å²) in [6, 6.07) is 16.1. The molecular weight excluding hydrogens is 355 g/mol. The van der Waals surface area contributed by atoms with Crippen LogP contribution >= 0.6 is 11.3 Å². The van der Waals surface area contributed by atoms with Gasteiger partial charge in [-0.2, -0.15) is 13.2 Å². The summed E-state index contributed by atoms with van der Waals surface area (Å²) in [7, 11) is 0. The zero-order valence-electron chi connectivity index (χ0n) is 14.2. The summed E-state index contributed by atoms with van der Waals surface area (Å²) in [6.45, 7) is 4.05. The number of rotatable bonds is 2. The number of thiophene rings is 1. The van der Waals surface area contributed by atoms with E-state index >= 15 is 0 Å². The molecule has 0 aliphatic carbocycles. The van der Waals surface area contributed by atoms with Crippen molar-refractivity contribution < 1.29 is 13.2 Å². The molecule has 0 aliphatic rings. The Labute approximate surface area is 153 Å². The third-order valence-corrected chi connectivity index (χ3v) is 5.77. The van der Waals surface area contributed by atoms with Crippen LogP contribution < -0.4 is 5.32 Å². The molecule has 132 valence electrons. The molecule has 4 aromatic rings. The van der Waals surface area contributed by atoms with Gasteiger partial charge < -0.3 is 5.32 Å². The maximum atomic E-state index is 13.4. The highest BCUT2D eigenvalue weighted by molar-refractivity contribution is 7.26. The molecule has 0 saturated heterocycles. The Bertz CT molecular complexity index is 1130. The molecule has 0 unspecified atom stereocenters. The van der Waals surface area contributed by atoms with E-state index in [4.69, 9.17) is 0 Å². The first kappa shape index (κ1) is 16.9. The van der Waals surface area contributed by atoms with E-state index in [2.05, 4.69) is 11.4 Å². The van der Waals surface area contributed by atoms with Gasteiger partial charge in [0.15, 0.2) is 0 Å². The molecule has 0 saturated carbocycles. The van der Waals surface area contributed by atoms with Crippen molar-refractivity contribution in [3.8, 4) is 0 Å². The molecule has 0 bridgehead atoms. The number of hydrogen-bond acceptors (Lipinski definition) is 2. The maximum Gasteiger partial charge on any atom is 0.417 e. The van der Waals surface area contributed by atoms with E-state index in [1.165, 1.54) is 23.0 Å². The quantitative estimate of drug-likeness (QED) is 0.386. The first-order valence-corrected chi connectivity index (χ1v) is 9.02. The number of halogens is 3. The smallest absolute Gasteiger partial charge is 0.354 e. The minimum atomic E-state index is -4.36. The summed E-state index contributed by atoms with van der Waals surface area (Å²) in [4.78, 5) is 0. The van der Waals surface area contributed by atoms with Crippen molar-refractivity contribution >= 4 is 42.9 Å². The predicted octanol–water partition coefficient (Wildman–Crippen LogP) is 7.43. The van der Waals surface area contributed by atoms with Gasteiger partial charge in [-0.1, -0.05) is 42.0 Å². The van der Waals surface area contributed by atoms with E-state index in [-0.39, 0.29) is 4.70 Å². The Morgan fingerprint density at radius 1 is 0.808 bits per heavy atom. The first-order valence-electron chi connectivity index (χ1n) is 8.20. The zero-order valence-corrected chi connectivity index (χ0v) is 15.1. The lowest BCUT2D eigenvalue weighted by Crippen LogP contribution is -2.04. The van der Waals surface area contributed by atoms with Crippen molar-refractivity contribution in [1.82, 2.24) is 0 Å². The second-order valence-corrected chi connectivity index (χ2v) is 7.43. The number of aryl methyl sites for hydroxylation is 2. The van der Waals surface area contributed by atoms with Crippen molar-refractivity contribution in [1.29, 1.82) is 0 Å². The van der Waals surface area contributed by atoms with Crippen molar-refractivity contribution in [2.45, 2.75) is 20.0 Å². The Kier molecular flexibility index (Phi) is 3.92. The largest absolute Gasteiger partial charge is 0.417 e. The van der Waals surface area contributed by atoms with Gasteiger partial charge in [0, 0.05) is 21.2 Å². The fourth-order valence-electron chi connectivity index (χ4n) is 3.24.